The molecule has 1 unspecified atom stereocenters. The number of nitrogens with zero attached hydrogens (tertiary/aromatic N) is 6. The number of anilines is 1. The van der Waals surface area contributed by atoms with Gasteiger partial charge in [-0.1, -0.05) is 54.6 Å². The number of benzene rings is 3. The van der Waals surface area contributed by atoms with Gasteiger partial charge >= 0.3 is 12.1 Å². The van der Waals surface area contributed by atoms with Crippen molar-refractivity contribution < 1.29 is 33.0 Å². The number of carboxylic acid groups (broad SMARTS) is 1. The lowest BCUT2D eigenvalue weighted by molar-refractivity contribution is -0.0368. The number of aromatic nitrogens is 5. The minimum Gasteiger partial charge on any atom is -0.478 e. The van der Waals surface area contributed by atoms with Crippen molar-refractivity contribution in [1.29, 1.82) is 0 Å². The summed E-state index contributed by atoms with van der Waals surface area (Å²) < 4.78 is 43.7. The Balaban J connectivity index is 1.04. The highest BCUT2D eigenvalue weighted by Crippen LogP contribution is 2.64. The highest BCUT2D eigenvalue weighted by molar-refractivity contribution is 6.08. The van der Waals surface area contributed by atoms with Crippen molar-refractivity contribution in [2.75, 3.05) is 31.1 Å². The van der Waals surface area contributed by atoms with E-state index in [1.165, 1.54) is 12.1 Å². The SMILES string of the molecule is O=C(NC[C@]1(c2cccc(F)c2F)[C@@H]2CCN(c3cnc4c(-c5ccc(C(=O)O)c6ncccc56)nn(C5CCCCO5)c4n3)C[C@@H]21)OCc1ccccc1. The normalized spacial score (nSPS) is 22.0. The first-order valence-electron chi connectivity index (χ1n) is 18.5. The molecule has 1 aliphatic carbocycles. The molecular formula is C41H37F2N7O5. The number of halogens is 2. The zero-order chi connectivity index (χ0) is 37.7. The fourth-order valence-corrected chi connectivity index (χ4v) is 8.70. The number of aromatic carboxylic acids is 1. The van der Waals surface area contributed by atoms with Crippen LogP contribution in [0, 0.1) is 23.5 Å². The molecule has 1 amide bonds. The molecule has 2 N–H and O–H groups in total. The monoisotopic (exact) mass is 745 g/mol. The molecule has 55 heavy (non-hydrogen) atoms. The van der Waals surface area contributed by atoms with Gasteiger partial charge in [-0.25, -0.2) is 33.0 Å². The molecule has 9 rings (SSSR count). The van der Waals surface area contributed by atoms with Crippen LogP contribution in [0.1, 0.15) is 53.4 Å². The molecule has 3 fully saturated rings. The number of carbonyl (C=O) groups excluding carboxylic acids is 1. The highest BCUT2D eigenvalue weighted by atomic mass is 19.2. The number of alkyl carbamates (subject to hydrolysis) is 1. The van der Waals surface area contributed by atoms with Crippen molar-refractivity contribution >= 4 is 39.9 Å². The van der Waals surface area contributed by atoms with Gasteiger partial charge in [-0.15, -0.1) is 0 Å². The zero-order valence-electron chi connectivity index (χ0n) is 29.7. The standard InChI is InChI=1S/C41H37F2N7O5/c42-31-12-6-11-29(34(31)43)41(23-46-40(53)55-22-24-8-2-1-3-9-24)28-16-18-49(21-30(28)41)32-20-45-37-36(48-50(38(37)47-32)33-13-4-5-19-54-33)26-14-15-27(39(51)52)35-25(26)10-7-17-44-35/h1-3,6-12,14-15,17,20,28,30,33H,4-5,13,16,18-19,21-23H2,(H,46,53)(H,51,52)/t28-,30+,33?,41-/m1/s1. The summed E-state index contributed by atoms with van der Waals surface area (Å²) in [6.45, 7) is 1.78. The van der Waals surface area contributed by atoms with Crippen LogP contribution in [-0.4, -0.2) is 68.1 Å². The Morgan fingerprint density at radius 2 is 1.84 bits per heavy atom. The average molecular weight is 746 g/mol. The van der Waals surface area contributed by atoms with E-state index in [0.29, 0.717) is 65.3 Å². The lowest BCUT2D eigenvalue weighted by Gasteiger charge is -2.27. The van der Waals surface area contributed by atoms with E-state index in [0.717, 1.165) is 30.9 Å². The van der Waals surface area contributed by atoms with Crippen molar-refractivity contribution in [3.8, 4) is 11.3 Å². The quantitative estimate of drug-likeness (QED) is 0.158. The van der Waals surface area contributed by atoms with E-state index >= 15 is 4.39 Å². The van der Waals surface area contributed by atoms with E-state index < -0.39 is 29.1 Å². The topological polar surface area (TPSA) is 145 Å². The Kier molecular flexibility index (Phi) is 8.84. The van der Waals surface area contributed by atoms with Crippen molar-refractivity contribution in [2.45, 2.75) is 43.9 Å². The molecule has 12 nitrogen and oxygen atoms in total. The fraction of sp³-hybridized carbons (Fsp3) is 0.317. The van der Waals surface area contributed by atoms with Crippen LogP contribution < -0.4 is 10.2 Å². The molecule has 3 aromatic carbocycles. The van der Waals surface area contributed by atoms with Gasteiger partial charge in [0.1, 0.15) is 23.6 Å². The fourth-order valence-electron chi connectivity index (χ4n) is 8.70. The maximum atomic E-state index is 15.6. The predicted molar refractivity (Wildman–Crippen MR) is 198 cm³/mol. The number of piperidine rings is 1. The predicted octanol–water partition coefficient (Wildman–Crippen LogP) is 7.04. The van der Waals surface area contributed by atoms with Gasteiger partial charge < -0.3 is 24.8 Å². The third kappa shape index (κ3) is 6.10. The van der Waals surface area contributed by atoms with Crippen LogP contribution in [0.5, 0.6) is 0 Å². The van der Waals surface area contributed by atoms with Crippen molar-refractivity contribution in [3.63, 3.8) is 0 Å². The van der Waals surface area contributed by atoms with Gasteiger partial charge in [-0.05, 0) is 66.8 Å². The van der Waals surface area contributed by atoms with Crippen LogP contribution in [0.4, 0.5) is 19.4 Å². The van der Waals surface area contributed by atoms with Crippen LogP contribution in [-0.2, 0) is 21.5 Å². The highest BCUT2D eigenvalue weighted by Gasteiger charge is 2.67. The van der Waals surface area contributed by atoms with Crippen LogP contribution in [0.15, 0.2) is 85.2 Å². The van der Waals surface area contributed by atoms with Gasteiger partial charge in [0.05, 0.1) is 17.3 Å². The van der Waals surface area contributed by atoms with Gasteiger partial charge in [0, 0.05) is 48.8 Å². The summed E-state index contributed by atoms with van der Waals surface area (Å²) in [5.41, 5.74) is 2.90. The van der Waals surface area contributed by atoms with Crippen LogP contribution in [0.25, 0.3) is 33.3 Å². The number of hydrogen-bond donors (Lipinski definition) is 2. The number of amides is 1. The molecule has 6 aromatic rings. The molecule has 0 spiro atoms. The van der Waals surface area contributed by atoms with E-state index in [4.69, 9.17) is 24.5 Å². The summed E-state index contributed by atoms with van der Waals surface area (Å²) >= 11 is 0. The molecule has 2 aliphatic heterocycles. The molecule has 0 radical (unpaired) electrons. The summed E-state index contributed by atoms with van der Waals surface area (Å²) in [6.07, 6.45) is 5.52. The second-order valence-electron chi connectivity index (χ2n) is 14.4. The van der Waals surface area contributed by atoms with E-state index in [2.05, 4.69) is 15.2 Å². The Labute approximate surface area is 314 Å². The number of fused-ring (bicyclic) bond motifs is 3. The minimum absolute atomic E-state index is 0.0189. The van der Waals surface area contributed by atoms with E-state index in [-0.39, 0.29) is 42.3 Å². The molecule has 3 aromatic heterocycles. The molecular weight excluding hydrogens is 708 g/mol. The Bertz CT molecular complexity index is 2440. The molecule has 1 saturated carbocycles. The summed E-state index contributed by atoms with van der Waals surface area (Å²) in [5.74, 6) is -2.47. The maximum absolute atomic E-state index is 15.6. The molecule has 0 bridgehead atoms. The Morgan fingerprint density at radius 3 is 2.65 bits per heavy atom. The molecule has 3 aliphatic rings. The zero-order valence-corrected chi connectivity index (χ0v) is 29.7. The van der Waals surface area contributed by atoms with Crippen LogP contribution >= 0.6 is 0 Å². The molecule has 14 heteroatoms. The van der Waals surface area contributed by atoms with Gasteiger partial charge in [0.2, 0.25) is 0 Å². The Hall–Kier alpha value is -6.02. The first-order chi connectivity index (χ1) is 26.8. The summed E-state index contributed by atoms with van der Waals surface area (Å²) in [6, 6.07) is 20.4. The van der Waals surface area contributed by atoms with Crippen LogP contribution in [0.3, 0.4) is 0 Å². The smallest absolute Gasteiger partial charge is 0.407 e. The molecule has 2 saturated heterocycles. The number of carbonyl (C=O) groups is 2. The number of carboxylic acids is 1. The number of ether oxygens (including phenoxy) is 2. The maximum Gasteiger partial charge on any atom is 0.407 e. The van der Waals surface area contributed by atoms with Gasteiger partial charge in [-0.3, -0.25) is 4.98 Å². The number of hydrogen-bond acceptors (Lipinski definition) is 9. The minimum atomic E-state index is -1.08. The largest absolute Gasteiger partial charge is 0.478 e. The summed E-state index contributed by atoms with van der Waals surface area (Å²) in [7, 11) is 0. The van der Waals surface area contributed by atoms with E-state index in [9.17, 15) is 19.1 Å². The van der Waals surface area contributed by atoms with Gasteiger partial charge in [-0.2, -0.15) is 5.10 Å². The third-order valence-electron chi connectivity index (χ3n) is 11.4. The number of rotatable bonds is 9. The third-order valence-corrected chi connectivity index (χ3v) is 11.4. The van der Waals surface area contributed by atoms with Gasteiger partial charge in [0.15, 0.2) is 23.5 Å². The second kappa shape index (κ2) is 14.0. The first-order valence-corrected chi connectivity index (χ1v) is 18.5. The summed E-state index contributed by atoms with van der Waals surface area (Å²) in [5, 5.41) is 18.3. The Morgan fingerprint density at radius 1 is 0.964 bits per heavy atom. The van der Waals surface area contributed by atoms with Crippen molar-refractivity contribution in [3.05, 3.63) is 114 Å². The summed E-state index contributed by atoms with van der Waals surface area (Å²) in [4.78, 5) is 41.5. The van der Waals surface area contributed by atoms with Crippen molar-refractivity contribution in [2.24, 2.45) is 11.8 Å². The lowest BCUT2D eigenvalue weighted by atomic mass is 9.90. The molecule has 280 valence electrons. The number of nitrogens with one attached hydrogen (secondary N) is 1. The van der Waals surface area contributed by atoms with E-state index in [1.807, 2.05) is 36.4 Å². The number of pyridine rings is 1. The first kappa shape index (κ1) is 34.7. The van der Waals surface area contributed by atoms with Crippen molar-refractivity contribution in [1.82, 2.24) is 30.0 Å². The molecule has 5 heterocycles. The lowest BCUT2D eigenvalue weighted by Crippen LogP contribution is -2.36. The van der Waals surface area contributed by atoms with E-state index in [1.54, 1.807) is 35.3 Å². The second-order valence-corrected chi connectivity index (χ2v) is 14.4. The van der Waals surface area contributed by atoms with Crippen LogP contribution in [0.2, 0.25) is 0 Å². The van der Waals surface area contributed by atoms with Gasteiger partial charge in [0.25, 0.3) is 0 Å². The average Bonchev–Trinajstić information content (AvgIpc) is 3.71. The molecule has 4 atom stereocenters.